The van der Waals surface area contributed by atoms with Crippen molar-refractivity contribution in [3.05, 3.63) is 0 Å². The molecule has 6 nitrogen and oxygen atoms in total. The molecule has 25 heavy (non-hydrogen) atoms. The zero-order valence-electron chi connectivity index (χ0n) is 15.5. The molecule has 0 aromatic rings. The third-order valence-electron chi connectivity index (χ3n) is 6.08. The van der Waals surface area contributed by atoms with E-state index in [2.05, 4.69) is 4.90 Å². The second-order valence-corrected chi connectivity index (χ2v) is 9.92. The van der Waals surface area contributed by atoms with Crippen LogP contribution in [0.5, 0.6) is 0 Å². The van der Waals surface area contributed by atoms with Gasteiger partial charge in [-0.2, -0.15) is 4.31 Å². The molecule has 3 aliphatic rings. The van der Waals surface area contributed by atoms with E-state index in [1.165, 1.54) is 25.5 Å². The van der Waals surface area contributed by atoms with Gasteiger partial charge in [0.1, 0.15) is 0 Å². The fraction of sp³-hybridized carbons (Fsp3) is 0.944. The lowest BCUT2D eigenvalue weighted by Gasteiger charge is -2.41. The number of sulfonamides is 1. The minimum absolute atomic E-state index is 0.0578. The Labute approximate surface area is 152 Å². The average Bonchev–Trinajstić information content (AvgIpc) is 2.53. The molecule has 144 valence electrons. The topological polar surface area (TPSA) is 60.9 Å². The van der Waals surface area contributed by atoms with Crippen LogP contribution in [0.3, 0.4) is 0 Å². The summed E-state index contributed by atoms with van der Waals surface area (Å²) in [6.45, 7) is 4.87. The zero-order valence-corrected chi connectivity index (χ0v) is 16.3. The van der Waals surface area contributed by atoms with Crippen molar-refractivity contribution >= 4 is 15.9 Å². The van der Waals surface area contributed by atoms with Crippen LogP contribution in [0.4, 0.5) is 0 Å². The summed E-state index contributed by atoms with van der Waals surface area (Å²) in [4.78, 5) is 16.9. The highest BCUT2D eigenvalue weighted by Crippen LogP contribution is 2.30. The van der Waals surface area contributed by atoms with Gasteiger partial charge < -0.3 is 9.80 Å². The second kappa shape index (κ2) is 8.35. The Bertz CT molecular complexity index is 556. The maximum atomic E-state index is 12.6. The number of piperidine rings is 2. The zero-order chi connectivity index (χ0) is 17.9. The number of carbonyl (C=O) groups is 1. The quantitative estimate of drug-likeness (QED) is 0.710. The third-order valence-corrected chi connectivity index (χ3v) is 7.41. The molecule has 3 fully saturated rings. The minimum atomic E-state index is -3.26. The lowest BCUT2D eigenvalue weighted by molar-refractivity contribution is -0.140. The Hall–Kier alpha value is -0.660. The Morgan fingerprint density at radius 3 is 2.32 bits per heavy atom. The smallest absolute Gasteiger partial charge is 0.225 e. The number of likely N-dealkylation sites (tertiary alicyclic amines) is 2. The van der Waals surface area contributed by atoms with Crippen molar-refractivity contribution in [2.75, 3.05) is 45.5 Å². The molecule has 7 heteroatoms. The first-order chi connectivity index (χ1) is 11.9. The van der Waals surface area contributed by atoms with Crippen LogP contribution in [0, 0.1) is 5.92 Å². The van der Waals surface area contributed by atoms with Gasteiger partial charge in [-0.25, -0.2) is 8.42 Å². The number of amides is 1. The molecule has 0 radical (unpaired) electrons. The van der Waals surface area contributed by atoms with Crippen LogP contribution in [0.15, 0.2) is 0 Å². The lowest BCUT2D eigenvalue weighted by atomic mass is 9.84. The fourth-order valence-electron chi connectivity index (χ4n) is 4.35. The average molecular weight is 372 g/mol. The highest BCUT2D eigenvalue weighted by Gasteiger charge is 2.36. The van der Waals surface area contributed by atoms with E-state index in [0.717, 1.165) is 58.3 Å². The first kappa shape index (κ1) is 19.1. The molecule has 1 unspecified atom stereocenters. The van der Waals surface area contributed by atoms with Crippen molar-refractivity contribution in [3.63, 3.8) is 0 Å². The highest BCUT2D eigenvalue weighted by atomic mass is 32.2. The van der Waals surface area contributed by atoms with Gasteiger partial charge in [-0.05, 0) is 51.6 Å². The molecule has 2 saturated heterocycles. The third kappa shape index (κ3) is 4.95. The van der Waals surface area contributed by atoms with E-state index >= 15 is 0 Å². The highest BCUT2D eigenvalue weighted by molar-refractivity contribution is 7.88. The molecule has 0 spiro atoms. The number of nitrogens with zero attached hydrogens (tertiary/aromatic N) is 3. The van der Waals surface area contributed by atoms with Crippen molar-refractivity contribution in [3.8, 4) is 0 Å². The van der Waals surface area contributed by atoms with Crippen molar-refractivity contribution in [1.82, 2.24) is 14.1 Å². The predicted octanol–water partition coefficient (Wildman–Crippen LogP) is 1.53. The summed E-state index contributed by atoms with van der Waals surface area (Å²) in [6, 6.07) is -0.0578. The SMILES string of the molecule is CS(=O)(=O)N(CCN1CCCCC1)C1CCCN(C(=O)C2CCC2)C1. The van der Waals surface area contributed by atoms with E-state index in [0.29, 0.717) is 13.1 Å². The summed E-state index contributed by atoms with van der Waals surface area (Å²) in [5.74, 6) is 0.444. The monoisotopic (exact) mass is 371 g/mol. The van der Waals surface area contributed by atoms with Crippen LogP contribution >= 0.6 is 0 Å². The Kier molecular flexibility index (Phi) is 6.39. The molecule has 0 aromatic heterocycles. The maximum absolute atomic E-state index is 12.6. The van der Waals surface area contributed by atoms with Crippen LogP contribution < -0.4 is 0 Å². The standard InChI is InChI=1S/C18H33N3O3S/c1-25(23,24)21(14-13-19-10-3-2-4-11-19)17-9-6-12-20(15-17)18(22)16-7-5-8-16/h16-17H,2-15H2,1H3. The molecule has 1 saturated carbocycles. The van der Waals surface area contributed by atoms with E-state index in [9.17, 15) is 13.2 Å². The summed E-state index contributed by atoms with van der Waals surface area (Å²) >= 11 is 0. The molecular weight excluding hydrogens is 338 g/mol. The van der Waals surface area contributed by atoms with Gasteiger partial charge in [0.25, 0.3) is 0 Å². The first-order valence-electron chi connectivity index (χ1n) is 9.93. The van der Waals surface area contributed by atoms with Crippen molar-refractivity contribution in [1.29, 1.82) is 0 Å². The molecule has 2 heterocycles. The molecule has 0 N–H and O–H groups in total. The molecular formula is C18H33N3O3S. The van der Waals surface area contributed by atoms with Gasteiger partial charge in [0.2, 0.25) is 15.9 Å². The van der Waals surface area contributed by atoms with Gasteiger partial charge in [0.15, 0.2) is 0 Å². The first-order valence-corrected chi connectivity index (χ1v) is 11.8. The van der Waals surface area contributed by atoms with E-state index in [-0.39, 0.29) is 17.9 Å². The molecule has 0 bridgehead atoms. The van der Waals surface area contributed by atoms with Crippen LogP contribution in [0.1, 0.15) is 51.4 Å². The summed E-state index contributed by atoms with van der Waals surface area (Å²) in [5.41, 5.74) is 0. The van der Waals surface area contributed by atoms with Gasteiger partial charge in [-0.15, -0.1) is 0 Å². The van der Waals surface area contributed by atoms with Gasteiger partial charge in [0, 0.05) is 38.1 Å². The van der Waals surface area contributed by atoms with Crippen LogP contribution in [-0.4, -0.2) is 80.0 Å². The van der Waals surface area contributed by atoms with Crippen molar-refractivity contribution in [2.45, 2.75) is 57.4 Å². The van der Waals surface area contributed by atoms with Gasteiger partial charge in [-0.3, -0.25) is 4.79 Å². The minimum Gasteiger partial charge on any atom is -0.341 e. The van der Waals surface area contributed by atoms with Crippen molar-refractivity contribution < 1.29 is 13.2 Å². The van der Waals surface area contributed by atoms with E-state index in [4.69, 9.17) is 0 Å². The van der Waals surface area contributed by atoms with E-state index < -0.39 is 10.0 Å². The Morgan fingerprint density at radius 1 is 1.00 bits per heavy atom. The van der Waals surface area contributed by atoms with Gasteiger partial charge >= 0.3 is 0 Å². The van der Waals surface area contributed by atoms with Crippen LogP contribution in [0.2, 0.25) is 0 Å². The van der Waals surface area contributed by atoms with Crippen molar-refractivity contribution in [2.24, 2.45) is 5.92 Å². The number of hydrogen-bond donors (Lipinski definition) is 0. The second-order valence-electron chi connectivity index (χ2n) is 7.98. The van der Waals surface area contributed by atoms with Crippen LogP contribution in [-0.2, 0) is 14.8 Å². The molecule has 1 atom stereocenters. The number of rotatable bonds is 6. The number of hydrogen-bond acceptors (Lipinski definition) is 4. The van der Waals surface area contributed by atoms with E-state index in [1.54, 1.807) is 4.31 Å². The predicted molar refractivity (Wildman–Crippen MR) is 98.8 cm³/mol. The summed E-state index contributed by atoms with van der Waals surface area (Å²) in [6.07, 6.45) is 9.95. The Morgan fingerprint density at radius 2 is 1.72 bits per heavy atom. The molecule has 1 amide bonds. The lowest BCUT2D eigenvalue weighted by Crippen LogP contribution is -2.54. The maximum Gasteiger partial charge on any atom is 0.225 e. The van der Waals surface area contributed by atoms with Gasteiger partial charge in [0.05, 0.1) is 6.26 Å². The molecule has 2 aliphatic heterocycles. The normalized spacial score (nSPS) is 26.6. The molecule has 1 aliphatic carbocycles. The van der Waals surface area contributed by atoms with Gasteiger partial charge in [-0.1, -0.05) is 12.8 Å². The summed E-state index contributed by atoms with van der Waals surface area (Å²) in [7, 11) is -3.26. The summed E-state index contributed by atoms with van der Waals surface area (Å²) in [5, 5.41) is 0. The molecule has 3 rings (SSSR count). The van der Waals surface area contributed by atoms with E-state index in [1.807, 2.05) is 4.90 Å². The summed E-state index contributed by atoms with van der Waals surface area (Å²) < 4.78 is 26.4. The van der Waals surface area contributed by atoms with Crippen LogP contribution in [0.25, 0.3) is 0 Å². The molecule has 0 aromatic carbocycles. The number of carbonyl (C=O) groups excluding carboxylic acids is 1. The fourth-order valence-corrected chi connectivity index (χ4v) is 5.47. The largest absolute Gasteiger partial charge is 0.341 e. The Balaban J connectivity index is 1.60.